The number of hydrogen-bond acceptors (Lipinski definition) is 3. The lowest BCUT2D eigenvalue weighted by Crippen LogP contribution is -2.26. The van der Waals surface area contributed by atoms with Crippen molar-refractivity contribution in [1.82, 2.24) is 0 Å². The van der Waals surface area contributed by atoms with Gasteiger partial charge in [0.25, 0.3) is 0 Å². The van der Waals surface area contributed by atoms with Gasteiger partial charge < -0.3 is 9.47 Å². The van der Waals surface area contributed by atoms with Crippen LogP contribution < -0.4 is 9.47 Å². The lowest BCUT2D eigenvalue weighted by Gasteiger charge is -2.04. The quantitative estimate of drug-likeness (QED) is 0.731. The number of carbonyl (C=O) groups excluding carboxylic acids is 1. The first kappa shape index (κ1) is 9.21. The molecular formula is C13H10O3. The molecule has 0 aliphatic carbocycles. The van der Waals surface area contributed by atoms with E-state index in [4.69, 9.17) is 9.47 Å². The molecule has 0 N–H and O–H groups in total. The minimum absolute atomic E-state index is 0.125. The molecule has 0 spiro atoms. The second-order valence-electron chi connectivity index (χ2n) is 3.79. The van der Waals surface area contributed by atoms with Crippen LogP contribution in [0.15, 0.2) is 36.4 Å². The maximum atomic E-state index is 11.2. The predicted octanol–water partition coefficient (Wildman–Crippen LogP) is 2.53. The van der Waals surface area contributed by atoms with Gasteiger partial charge in [0.1, 0.15) is 0 Å². The monoisotopic (exact) mass is 214 g/mol. The van der Waals surface area contributed by atoms with E-state index in [2.05, 4.69) is 0 Å². The van der Waals surface area contributed by atoms with Crippen molar-refractivity contribution in [3.8, 4) is 11.5 Å². The van der Waals surface area contributed by atoms with Crippen molar-refractivity contribution in [3.63, 3.8) is 0 Å². The maximum absolute atomic E-state index is 11.2. The Hall–Kier alpha value is -2.03. The summed E-state index contributed by atoms with van der Waals surface area (Å²) >= 11 is 0. The van der Waals surface area contributed by atoms with Crippen molar-refractivity contribution in [2.75, 3.05) is 0 Å². The van der Waals surface area contributed by atoms with Crippen molar-refractivity contribution >= 4 is 16.6 Å². The molecule has 16 heavy (non-hydrogen) atoms. The molecule has 1 atom stereocenters. The predicted molar refractivity (Wildman–Crippen MR) is 59.7 cm³/mol. The van der Waals surface area contributed by atoms with Crippen LogP contribution in [0, 0.1) is 0 Å². The lowest BCUT2D eigenvalue weighted by atomic mass is 10.1. The molecule has 2 aromatic rings. The highest BCUT2D eigenvalue weighted by molar-refractivity contribution is 5.92. The highest BCUT2D eigenvalue weighted by Crippen LogP contribution is 2.40. The number of rotatable bonds is 1. The van der Waals surface area contributed by atoms with Gasteiger partial charge >= 0.3 is 6.29 Å². The van der Waals surface area contributed by atoms with Gasteiger partial charge in [-0.25, -0.2) is 0 Å². The van der Waals surface area contributed by atoms with Gasteiger partial charge in [-0.15, -0.1) is 0 Å². The van der Waals surface area contributed by atoms with Gasteiger partial charge in [-0.1, -0.05) is 30.3 Å². The van der Waals surface area contributed by atoms with E-state index in [1.807, 2.05) is 36.4 Å². The summed E-state index contributed by atoms with van der Waals surface area (Å²) in [5.41, 5.74) is 0. The number of Topliss-reactive ketones (excluding diaryl/α,β-unsaturated/α-hetero) is 1. The fraction of sp³-hybridized carbons (Fsp3) is 0.154. The molecule has 1 heterocycles. The van der Waals surface area contributed by atoms with Crippen molar-refractivity contribution in [1.29, 1.82) is 0 Å². The molecule has 0 saturated carbocycles. The Morgan fingerprint density at radius 1 is 1.12 bits per heavy atom. The number of carbonyl (C=O) groups is 1. The van der Waals surface area contributed by atoms with Crippen LogP contribution in [0.4, 0.5) is 0 Å². The molecular weight excluding hydrogens is 204 g/mol. The SMILES string of the molecule is CC(=O)C1Oc2ccc3ccccc3c2O1. The molecule has 1 unspecified atom stereocenters. The third-order valence-electron chi connectivity index (χ3n) is 2.63. The van der Waals surface area contributed by atoms with Crippen molar-refractivity contribution in [2.24, 2.45) is 0 Å². The summed E-state index contributed by atoms with van der Waals surface area (Å²) in [5, 5.41) is 2.05. The van der Waals surface area contributed by atoms with Gasteiger partial charge in [0.2, 0.25) is 5.78 Å². The van der Waals surface area contributed by atoms with E-state index >= 15 is 0 Å². The van der Waals surface area contributed by atoms with Gasteiger partial charge in [0.05, 0.1) is 0 Å². The van der Waals surface area contributed by atoms with Crippen LogP contribution in [0.2, 0.25) is 0 Å². The molecule has 80 valence electrons. The van der Waals surface area contributed by atoms with Crippen LogP contribution >= 0.6 is 0 Å². The van der Waals surface area contributed by atoms with Gasteiger partial charge in [0.15, 0.2) is 11.5 Å². The first-order valence-corrected chi connectivity index (χ1v) is 5.11. The number of ketones is 1. The summed E-state index contributed by atoms with van der Waals surface area (Å²) in [6.45, 7) is 1.46. The Morgan fingerprint density at radius 2 is 1.94 bits per heavy atom. The summed E-state index contributed by atoms with van der Waals surface area (Å²) in [4.78, 5) is 11.2. The average molecular weight is 214 g/mol. The van der Waals surface area contributed by atoms with E-state index in [1.54, 1.807) is 0 Å². The topological polar surface area (TPSA) is 35.5 Å². The number of benzene rings is 2. The van der Waals surface area contributed by atoms with E-state index in [0.29, 0.717) is 11.5 Å². The molecule has 0 fully saturated rings. The average Bonchev–Trinajstić information content (AvgIpc) is 2.73. The lowest BCUT2D eigenvalue weighted by molar-refractivity contribution is -0.132. The van der Waals surface area contributed by atoms with Crippen LogP contribution in [0.25, 0.3) is 10.8 Å². The molecule has 0 aromatic heterocycles. The second kappa shape index (κ2) is 3.23. The van der Waals surface area contributed by atoms with Crippen LogP contribution in [0.3, 0.4) is 0 Å². The van der Waals surface area contributed by atoms with Crippen molar-refractivity contribution in [3.05, 3.63) is 36.4 Å². The zero-order valence-corrected chi connectivity index (χ0v) is 8.77. The number of hydrogen-bond donors (Lipinski definition) is 0. The molecule has 0 radical (unpaired) electrons. The molecule has 0 bridgehead atoms. The van der Waals surface area contributed by atoms with Crippen molar-refractivity contribution < 1.29 is 14.3 Å². The van der Waals surface area contributed by atoms with Gasteiger partial charge in [0, 0.05) is 12.3 Å². The fourth-order valence-electron chi connectivity index (χ4n) is 1.85. The summed E-state index contributed by atoms with van der Waals surface area (Å²) in [5.74, 6) is 1.18. The zero-order chi connectivity index (χ0) is 11.1. The largest absolute Gasteiger partial charge is 0.444 e. The molecule has 0 saturated heterocycles. The maximum Gasteiger partial charge on any atom is 0.300 e. The number of ether oxygens (including phenoxy) is 2. The molecule has 1 aliphatic heterocycles. The van der Waals surface area contributed by atoms with Crippen LogP contribution in [0.1, 0.15) is 6.92 Å². The van der Waals surface area contributed by atoms with Gasteiger partial charge in [-0.3, -0.25) is 4.79 Å². The van der Waals surface area contributed by atoms with Crippen LogP contribution in [-0.2, 0) is 4.79 Å². The summed E-state index contributed by atoms with van der Waals surface area (Å²) in [6.07, 6.45) is -0.791. The Kier molecular flexibility index (Phi) is 1.86. The number of fused-ring (bicyclic) bond motifs is 3. The Balaban J connectivity index is 2.17. The highest BCUT2D eigenvalue weighted by atomic mass is 16.7. The van der Waals surface area contributed by atoms with Crippen LogP contribution in [-0.4, -0.2) is 12.1 Å². The van der Waals surface area contributed by atoms with Gasteiger partial charge in [-0.2, -0.15) is 0 Å². The van der Waals surface area contributed by atoms with E-state index < -0.39 is 6.29 Å². The van der Waals surface area contributed by atoms with Crippen LogP contribution in [0.5, 0.6) is 11.5 Å². The fourth-order valence-corrected chi connectivity index (χ4v) is 1.85. The Morgan fingerprint density at radius 3 is 2.75 bits per heavy atom. The molecule has 3 heteroatoms. The summed E-state index contributed by atoms with van der Waals surface area (Å²) < 4.78 is 10.9. The van der Waals surface area contributed by atoms with E-state index in [-0.39, 0.29) is 5.78 Å². The highest BCUT2D eigenvalue weighted by Gasteiger charge is 2.29. The standard InChI is InChI=1S/C13H10O3/c1-8(14)13-15-11-7-6-9-4-2-3-5-10(9)12(11)16-13/h2-7,13H,1H3. The van der Waals surface area contributed by atoms with E-state index in [9.17, 15) is 4.79 Å². The molecule has 3 rings (SSSR count). The van der Waals surface area contributed by atoms with Crippen molar-refractivity contribution in [2.45, 2.75) is 13.2 Å². The Labute approximate surface area is 92.6 Å². The van der Waals surface area contributed by atoms with E-state index in [0.717, 1.165) is 10.8 Å². The smallest absolute Gasteiger partial charge is 0.300 e. The third-order valence-corrected chi connectivity index (χ3v) is 2.63. The minimum atomic E-state index is -0.791. The minimum Gasteiger partial charge on any atom is -0.444 e. The third kappa shape index (κ3) is 1.25. The molecule has 0 amide bonds. The summed E-state index contributed by atoms with van der Waals surface area (Å²) in [6, 6.07) is 11.7. The molecule has 1 aliphatic rings. The first-order chi connectivity index (χ1) is 7.75. The molecule has 2 aromatic carbocycles. The second-order valence-corrected chi connectivity index (χ2v) is 3.79. The van der Waals surface area contributed by atoms with Gasteiger partial charge in [-0.05, 0) is 11.5 Å². The zero-order valence-electron chi connectivity index (χ0n) is 8.77. The summed E-state index contributed by atoms with van der Waals surface area (Å²) in [7, 11) is 0. The first-order valence-electron chi connectivity index (χ1n) is 5.11. The van der Waals surface area contributed by atoms with E-state index in [1.165, 1.54) is 6.92 Å². The normalized spacial score (nSPS) is 17.7. The molecule has 3 nitrogen and oxygen atoms in total. The Bertz CT molecular complexity index is 574.